The first-order chi connectivity index (χ1) is 14.1. The summed E-state index contributed by atoms with van der Waals surface area (Å²) in [7, 11) is 1.70. The molecular weight excluding hydrogens is 422 g/mol. The first-order valence-electron chi connectivity index (χ1n) is 8.89. The number of fused-ring (bicyclic) bond motifs is 3. The van der Waals surface area contributed by atoms with Gasteiger partial charge in [0.2, 0.25) is 5.91 Å². The highest BCUT2D eigenvalue weighted by Gasteiger charge is 2.28. The molecule has 29 heavy (non-hydrogen) atoms. The SMILES string of the molecule is Cn1c(SCC(=O)N2c3ccccc3Sc3ccccc32)nc2sccc2c1=O. The van der Waals surface area contributed by atoms with E-state index in [9.17, 15) is 9.59 Å². The summed E-state index contributed by atoms with van der Waals surface area (Å²) < 4.78 is 1.51. The molecule has 0 fully saturated rings. The second-order valence-corrected chi connectivity index (χ2v) is 9.37. The molecule has 3 heterocycles. The lowest BCUT2D eigenvalue weighted by Crippen LogP contribution is -2.30. The number of amides is 1. The monoisotopic (exact) mass is 437 g/mol. The van der Waals surface area contributed by atoms with Gasteiger partial charge in [-0.15, -0.1) is 11.3 Å². The van der Waals surface area contributed by atoms with Gasteiger partial charge in [0.05, 0.1) is 22.5 Å². The Kier molecular flexibility index (Phi) is 4.69. The standard InChI is InChI=1S/C21H15N3O2S3/c1-23-20(26)13-10-11-27-19(13)22-21(23)28-12-18(25)24-14-6-2-4-8-16(14)29-17-9-5-3-7-15(17)24/h2-11H,12H2,1H3. The number of carbonyl (C=O) groups is 1. The number of hydrogen-bond acceptors (Lipinski definition) is 6. The molecule has 0 aliphatic carbocycles. The van der Waals surface area contributed by atoms with E-state index in [0.29, 0.717) is 15.4 Å². The third-order valence-electron chi connectivity index (χ3n) is 4.67. The lowest BCUT2D eigenvalue weighted by molar-refractivity contribution is -0.115. The van der Waals surface area contributed by atoms with Crippen LogP contribution in [-0.4, -0.2) is 21.2 Å². The van der Waals surface area contributed by atoms with Crippen LogP contribution in [0.1, 0.15) is 0 Å². The zero-order chi connectivity index (χ0) is 20.0. The van der Waals surface area contributed by atoms with Crippen LogP contribution in [-0.2, 0) is 11.8 Å². The van der Waals surface area contributed by atoms with Crippen molar-refractivity contribution in [2.45, 2.75) is 14.9 Å². The van der Waals surface area contributed by atoms with Gasteiger partial charge in [-0.1, -0.05) is 47.8 Å². The summed E-state index contributed by atoms with van der Waals surface area (Å²) in [6, 6.07) is 17.6. The quantitative estimate of drug-likeness (QED) is 0.336. The molecule has 0 unspecified atom stereocenters. The second kappa shape index (κ2) is 7.37. The van der Waals surface area contributed by atoms with Crippen LogP contribution in [0.3, 0.4) is 0 Å². The maximum Gasteiger partial charge on any atom is 0.262 e. The van der Waals surface area contributed by atoms with Crippen LogP contribution in [0.25, 0.3) is 10.2 Å². The number of para-hydroxylation sites is 2. The van der Waals surface area contributed by atoms with Crippen molar-refractivity contribution in [3.8, 4) is 0 Å². The van der Waals surface area contributed by atoms with Gasteiger partial charge < -0.3 is 0 Å². The highest BCUT2D eigenvalue weighted by atomic mass is 32.2. The average Bonchev–Trinajstić information content (AvgIpc) is 3.22. The molecule has 1 aliphatic rings. The number of benzene rings is 2. The van der Waals surface area contributed by atoms with Crippen LogP contribution < -0.4 is 10.5 Å². The third kappa shape index (κ3) is 3.17. The summed E-state index contributed by atoms with van der Waals surface area (Å²) in [6.45, 7) is 0. The van der Waals surface area contributed by atoms with Crippen molar-refractivity contribution < 1.29 is 4.79 Å². The van der Waals surface area contributed by atoms with Gasteiger partial charge in [-0.25, -0.2) is 4.98 Å². The van der Waals surface area contributed by atoms with E-state index in [-0.39, 0.29) is 17.2 Å². The molecule has 1 amide bonds. The van der Waals surface area contributed by atoms with E-state index in [1.807, 2.05) is 53.9 Å². The van der Waals surface area contributed by atoms with Crippen molar-refractivity contribution in [1.82, 2.24) is 9.55 Å². The van der Waals surface area contributed by atoms with Crippen LogP contribution >= 0.6 is 34.9 Å². The fraction of sp³-hybridized carbons (Fsp3) is 0.0952. The summed E-state index contributed by atoms with van der Waals surface area (Å²) in [6.07, 6.45) is 0. The highest BCUT2D eigenvalue weighted by Crippen LogP contribution is 2.48. The van der Waals surface area contributed by atoms with Crippen molar-refractivity contribution in [1.29, 1.82) is 0 Å². The minimum Gasteiger partial charge on any atom is -0.290 e. The van der Waals surface area contributed by atoms with Gasteiger partial charge in [-0.2, -0.15) is 0 Å². The summed E-state index contributed by atoms with van der Waals surface area (Å²) >= 11 is 4.39. The maximum absolute atomic E-state index is 13.3. The molecule has 144 valence electrons. The predicted octanol–water partition coefficient (Wildman–Crippen LogP) is 4.92. The minimum atomic E-state index is -0.0868. The Morgan fingerprint density at radius 3 is 2.38 bits per heavy atom. The van der Waals surface area contributed by atoms with Crippen LogP contribution in [0.2, 0.25) is 0 Å². The summed E-state index contributed by atoms with van der Waals surface area (Å²) in [5.74, 6) is 0.139. The van der Waals surface area contributed by atoms with E-state index in [1.165, 1.54) is 27.7 Å². The summed E-state index contributed by atoms with van der Waals surface area (Å²) in [5.41, 5.74) is 1.69. The van der Waals surface area contributed by atoms with Gasteiger partial charge in [0.1, 0.15) is 4.83 Å². The molecule has 0 bridgehead atoms. The molecule has 2 aromatic carbocycles. The van der Waals surface area contributed by atoms with Crippen molar-refractivity contribution in [2.75, 3.05) is 10.7 Å². The maximum atomic E-state index is 13.3. The Balaban J connectivity index is 1.48. The first-order valence-corrected chi connectivity index (χ1v) is 11.6. The largest absolute Gasteiger partial charge is 0.290 e. The fourth-order valence-electron chi connectivity index (χ4n) is 3.27. The third-order valence-corrected chi connectivity index (χ3v) is 7.62. The average molecular weight is 438 g/mol. The number of nitrogens with zero attached hydrogens (tertiary/aromatic N) is 3. The smallest absolute Gasteiger partial charge is 0.262 e. The van der Waals surface area contributed by atoms with E-state index >= 15 is 0 Å². The first kappa shape index (κ1) is 18.5. The van der Waals surface area contributed by atoms with Crippen LogP contribution in [0.4, 0.5) is 11.4 Å². The molecule has 0 N–H and O–H groups in total. The Bertz CT molecular complexity index is 1270. The van der Waals surface area contributed by atoms with Gasteiger partial charge in [0, 0.05) is 16.8 Å². The molecule has 0 spiro atoms. The van der Waals surface area contributed by atoms with E-state index in [4.69, 9.17) is 0 Å². The highest BCUT2D eigenvalue weighted by molar-refractivity contribution is 8.00. The van der Waals surface area contributed by atoms with Crippen molar-refractivity contribution in [3.05, 3.63) is 70.3 Å². The van der Waals surface area contributed by atoms with Crippen molar-refractivity contribution in [3.63, 3.8) is 0 Å². The number of carbonyl (C=O) groups excluding carboxylic acids is 1. The molecule has 0 radical (unpaired) electrons. The Labute approximate surface area is 179 Å². The van der Waals surface area contributed by atoms with Gasteiger partial charge in [-0.3, -0.25) is 19.1 Å². The van der Waals surface area contributed by atoms with Gasteiger partial charge in [0.25, 0.3) is 5.56 Å². The van der Waals surface area contributed by atoms with Crippen LogP contribution in [0.5, 0.6) is 0 Å². The van der Waals surface area contributed by atoms with E-state index in [0.717, 1.165) is 21.2 Å². The van der Waals surface area contributed by atoms with Crippen LogP contribution in [0, 0.1) is 0 Å². The summed E-state index contributed by atoms with van der Waals surface area (Å²) in [4.78, 5) is 34.9. The lowest BCUT2D eigenvalue weighted by Gasteiger charge is -2.31. The van der Waals surface area contributed by atoms with Gasteiger partial charge >= 0.3 is 0 Å². The minimum absolute atomic E-state index is 0.0456. The van der Waals surface area contributed by atoms with E-state index in [2.05, 4.69) is 4.98 Å². The number of aromatic nitrogens is 2. The molecule has 2 aromatic heterocycles. The molecule has 1 aliphatic heterocycles. The van der Waals surface area contributed by atoms with Gasteiger partial charge in [0.15, 0.2) is 5.16 Å². The molecule has 8 heteroatoms. The predicted molar refractivity (Wildman–Crippen MR) is 120 cm³/mol. The molecule has 0 saturated carbocycles. The van der Waals surface area contributed by atoms with Crippen molar-refractivity contribution >= 4 is 62.4 Å². The topological polar surface area (TPSA) is 55.2 Å². The molecule has 0 atom stereocenters. The number of thiophene rings is 1. The van der Waals surface area contributed by atoms with E-state index in [1.54, 1.807) is 29.8 Å². The van der Waals surface area contributed by atoms with E-state index < -0.39 is 0 Å². The normalized spacial score (nSPS) is 12.7. The van der Waals surface area contributed by atoms with Gasteiger partial charge in [-0.05, 0) is 35.7 Å². The zero-order valence-electron chi connectivity index (χ0n) is 15.4. The Morgan fingerprint density at radius 2 is 1.69 bits per heavy atom. The summed E-state index contributed by atoms with van der Waals surface area (Å²) in [5, 5.41) is 3.02. The number of thioether (sulfide) groups is 1. The zero-order valence-corrected chi connectivity index (χ0v) is 17.8. The molecule has 4 aromatic rings. The fourth-order valence-corrected chi connectivity index (χ4v) is 5.96. The number of hydrogen-bond donors (Lipinski definition) is 0. The second-order valence-electron chi connectivity index (χ2n) is 6.45. The number of anilines is 2. The number of rotatable bonds is 3. The Hall–Kier alpha value is -2.55. The molecule has 5 rings (SSSR count). The Morgan fingerprint density at radius 1 is 1.03 bits per heavy atom. The lowest BCUT2D eigenvalue weighted by atomic mass is 10.2. The van der Waals surface area contributed by atoms with Crippen LogP contribution in [0.15, 0.2) is 79.7 Å². The molecule has 5 nitrogen and oxygen atoms in total. The molecular formula is C21H15N3O2S3. The molecule has 0 saturated heterocycles. The van der Waals surface area contributed by atoms with Crippen molar-refractivity contribution in [2.24, 2.45) is 7.05 Å².